The molecule has 0 radical (unpaired) electrons. The van der Waals surface area contributed by atoms with Crippen LogP contribution >= 0.6 is 11.6 Å². The number of carbonyl (C=O) groups excluding carboxylic acids is 1. The molecule has 4 rings (SSSR count). The van der Waals surface area contributed by atoms with E-state index >= 15 is 0 Å². The summed E-state index contributed by atoms with van der Waals surface area (Å²) in [5.41, 5.74) is 4.20. The lowest BCUT2D eigenvalue weighted by molar-refractivity contribution is -0.131. The van der Waals surface area contributed by atoms with Crippen molar-refractivity contribution in [3.05, 3.63) is 29.3 Å². The van der Waals surface area contributed by atoms with E-state index in [0.29, 0.717) is 23.6 Å². The third-order valence-corrected chi connectivity index (χ3v) is 5.99. The second kappa shape index (κ2) is 7.91. The van der Waals surface area contributed by atoms with Gasteiger partial charge in [0.1, 0.15) is 11.8 Å². The first-order valence-electron chi connectivity index (χ1n) is 10.1. The van der Waals surface area contributed by atoms with Crippen molar-refractivity contribution in [2.24, 2.45) is 0 Å². The number of anilines is 1. The van der Waals surface area contributed by atoms with E-state index in [-0.39, 0.29) is 18.5 Å². The number of pyridine rings is 1. The third-order valence-electron chi connectivity index (χ3n) is 5.69. The standard InChI is InChI=1S/C21H26ClFN6O/c1-11(2)27-20-15(7-24-21-19(20)16(22)9-25-21)14-8-26-29(12(14)3)18-5-6-28(13(4)30)10-17(18)23/h7-9,11,17-18H,5-6,10H2,1-4H3,(H2,24,25,27)/t17-,18-/m0/s1. The van der Waals surface area contributed by atoms with Crippen LogP contribution in [0.15, 0.2) is 18.6 Å². The van der Waals surface area contributed by atoms with E-state index in [9.17, 15) is 9.18 Å². The fourth-order valence-electron chi connectivity index (χ4n) is 4.18. The van der Waals surface area contributed by atoms with Crippen molar-refractivity contribution in [1.82, 2.24) is 24.6 Å². The highest BCUT2D eigenvalue weighted by Crippen LogP contribution is 2.39. The number of likely N-dealkylation sites (tertiary alicyclic amines) is 1. The van der Waals surface area contributed by atoms with E-state index in [4.69, 9.17) is 11.6 Å². The van der Waals surface area contributed by atoms with E-state index < -0.39 is 12.2 Å². The van der Waals surface area contributed by atoms with Crippen molar-refractivity contribution >= 4 is 34.2 Å². The number of piperidine rings is 1. The molecule has 30 heavy (non-hydrogen) atoms. The number of aromatic amines is 1. The lowest BCUT2D eigenvalue weighted by atomic mass is 10.0. The maximum Gasteiger partial charge on any atom is 0.219 e. The van der Waals surface area contributed by atoms with Crippen LogP contribution in [-0.4, -0.2) is 55.9 Å². The molecule has 0 aliphatic carbocycles. The van der Waals surface area contributed by atoms with Gasteiger partial charge >= 0.3 is 0 Å². The number of amides is 1. The van der Waals surface area contributed by atoms with Gasteiger partial charge in [-0.1, -0.05) is 11.6 Å². The van der Waals surface area contributed by atoms with Crippen LogP contribution in [0.1, 0.15) is 38.9 Å². The Morgan fingerprint density at radius 2 is 2.13 bits per heavy atom. The molecular weight excluding hydrogens is 407 g/mol. The summed E-state index contributed by atoms with van der Waals surface area (Å²) >= 11 is 6.43. The Bertz CT molecular complexity index is 1090. The number of hydrogen-bond acceptors (Lipinski definition) is 4. The maximum atomic E-state index is 14.9. The van der Waals surface area contributed by atoms with E-state index in [1.54, 1.807) is 28.2 Å². The summed E-state index contributed by atoms with van der Waals surface area (Å²) < 4.78 is 16.7. The number of halogens is 2. The van der Waals surface area contributed by atoms with E-state index in [1.807, 2.05) is 6.92 Å². The van der Waals surface area contributed by atoms with Crippen LogP contribution in [0.2, 0.25) is 5.02 Å². The predicted molar refractivity (Wildman–Crippen MR) is 117 cm³/mol. The molecule has 0 saturated carbocycles. The van der Waals surface area contributed by atoms with Crippen molar-refractivity contribution in [3.8, 4) is 11.1 Å². The largest absolute Gasteiger partial charge is 0.382 e. The zero-order valence-corrected chi connectivity index (χ0v) is 18.3. The Hall–Kier alpha value is -2.61. The van der Waals surface area contributed by atoms with Crippen LogP contribution in [-0.2, 0) is 4.79 Å². The molecule has 1 aliphatic rings. The molecule has 2 atom stereocenters. The molecule has 3 aromatic heterocycles. The molecule has 0 aromatic carbocycles. The number of fused-ring (bicyclic) bond motifs is 1. The number of aromatic nitrogens is 4. The highest BCUT2D eigenvalue weighted by Gasteiger charge is 2.33. The summed E-state index contributed by atoms with van der Waals surface area (Å²) in [7, 11) is 0. The number of rotatable bonds is 4. The first-order valence-corrected chi connectivity index (χ1v) is 10.5. The topological polar surface area (TPSA) is 78.8 Å². The minimum Gasteiger partial charge on any atom is -0.382 e. The van der Waals surface area contributed by atoms with Gasteiger partial charge in [-0.25, -0.2) is 9.37 Å². The second-order valence-electron chi connectivity index (χ2n) is 8.13. The van der Waals surface area contributed by atoms with Crippen LogP contribution < -0.4 is 5.32 Å². The number of nitrogens with zero attached hydrogens (tertiary/aromatic N) is 4. The number of H-pyrrole nitrogens is 1. The van der Waals surface area contributed by atoms with Crippen molar-refractivity contribution in [3.63, 3.8) is 0 Å². The Balaban J connectivity index is 1.75. The molecule has 0 bridgehead atoms. The highest BCUT2D eigenvalue weighted by molar-refractivity contribution is 6.36. The monoisotopic (exact) mass is 432 g/mol. The molecule has 0 spiro atoms. The van der Waals surface area contributed by atoms with Gasteiger partial charge in [0.15, 0.2) is 0 Å². The van der Waals surface area contributed by atoms with Crippen molar-refractivity contribution in [1.29, 1.82) is 0 Å². The molecular formula is C21H26ClFN6O. The molecule has 0 unspecified atom stereocenters. The van der Waals surface area contributed by atoms with E-state index in [0.717, 1.165) is 27.9 Å². The summed E-state index contributed by atoms with van der Waals surface area (Å²) in [6, 6.07) is -0.217. The number of nitrogens with one attached hydrogen (secondary N) is 2. The van der Waals surface area contributed by atoms with Crippen molar-refractivity contribution in [2.75, 3.05) is 18.4 Å². The quantitative estimate of drug-likeness (QED) is 0.642. The number of carbonyl (C=O) groups is 1. The summed E-state index contributed by atoms with van der Waals surface area (Å²) in [5.74, 6) is -0.0962. The minimum atomic E-state index is -1.16. The van der Waals surface area contributed by atoms with Gasteiger partial charge in [0, 0.05) is 48.7 Å². The molecule has 1 aliphatic heterocycles. The molecule has 2 N–H and O–H groups in total. The molecule has 1 amide bonds. The van der Waals surface area contributed by atoms with Gasteiger partial charge in [-0.3, -0.25) is 9.48 Å². The van der Waals surface area contributed by atoms with Gasteiger partial charge in [-0.15, -0.1) is 0 Å². The Morgan fingerprint density at radius 1 is 1.37 bits per heavy atom. The molecule has 4 heterocycles. The lowest BCUT2D eigenvalue weighted by Gasteiger charge is -2.34. The van der Waals surface area contributed by atoms with Crippen LogP contribution in [0.25, 0.3) is 22.2 Å². The SMILES string of the molecule is CC(=O)N1CC[C@H](n2ncc(-c3cnc4[nH]cc(Cl)c4c3NC(C)C)c2C)[C@@H](F)C1. The van der Waals surface area contributed by atoms with E-state index in [2.05, 4.69) is 34.2 Å². The smallest absolute Gasteiger partial charge is 0.219 e. The Labute approximate surface area is 179 Å². The fraction of sp³-hybridized carbons (Fsp3) is 0.476. The fourth-order valence-corrected chi connectivity index (χ4v) is 4.41. The zero-order chi connectivity index (χ0) is 21.6. The van der Waals surface area contributed by atoms with Gasteiger partial charge in [-0.05, 0) is 27.2 Å². The first kappa shape index (κ1) is 20.7. The van der Waals surface area contributed by atoms with Crippen LogP contribution in [0, 0.1) is 6.92 Å². The molecule has 7 nitrogen and oxygen atoms in total. The average molecular weight is 433 g/mol. The van der Waals surface area contributed by atoms with E-state index in [1.165, 1.54) is 6.92 Å². The van der Waals surface area contributed by atoms with Crippen molar-refractivity contribution in [2.45, 2.75) is 52.4 Å². The average Bonchev–Trinajstić information content (AvgIpc) is 3.25. The molecule has 160 valence electrons. The van der Waals surface area contributed by atoms with Crippen molar-refractivity contribution < 1.29 is 9.18 Å². The molecule has 1 saturated heterocycles. The Kier molecular flexibility index (Phi) is 5.44. The molecule has 3 aromatic rings. The normalized spacial score (nSPS) is 19.6. The molecule has 1 fully saturated rings. The van der Waals surface area contributed by atoms with Crippen LogP contribution in [0.3, 0.4) is 0 Å². The predicted octanol–water partition coefficient (Wildman–Crippen LogP) is 4.34. The van der Waals surface area contributed by atoms with Crippen LogP contribution in [0.5, 0.6) is 0 Å². The zero-order valence-electron chi connectivity index (χ0n) is 17.5. The number of alkyl halides is 1. The van der Waals surface area contributed by atoms with Gasteiger partial charge < -0.3 is 15.2 Å². The third kappa shape index (κ3) is 3.53. The molecule has 9 heteroatoms. The van der Waals surface area contributed by atoms with Gasteiger partial charge in [-0.2, -0.15) is 5.10 Å². The summed E-state index contributed by atoms with van der Waals surface area (Å²) in [5, 5.41) is 9.43. The summed E-state index contributed by atoms with van der Waals surface area (Å²) in [6.45, 7) is 8.16. The van der Waals surface area contributed by atoms with Gasteiger partial charge in [0.25, 0.3) is 0 Å². The van der Waals surface area contributed by atoms with Crippen LogP contribution in [0.4, 0.5) is 10.1 Å². The second-order valence-corrected chi connectivity index (χ2v) is 8.54. The lowest BCUT2D eigenvalue weighted by Crippen LogP contribution is -2.45. The van der Waals surface area contributed by atoms with Gasteiger partial charge in [0.05, 0.1) is 34.9 Å². The summed E-state index contributed by atoms with van der Waals surface area (Å²) in [6.07, 6.45) is 4.64. The maximum absolute atomic E-state index is 14.9. The first-order chi connectivity index (χ1) is 14.3. The van der Waals surface area contributed by atoms with Gasteiger partial charge in [0.2, 0.25) is 5.91 Å². The number of hydrogen-bond donors (Lipinski definition) is 2. The Morgan fingerprint density at radius 3 is 2.80 bits per heavy atom. The minimum absolute atomic E-state index is 0.0962. The summed E-state index contributed by atoms with van der Waals surface area (Å²) in [4.78, 5) is 20.7. The highest BCUT2D eigenvalue weighted by atomic mass is 35.5.